The van der Waals surface area contributed by atoms with Crippen LogP contribution in [0.1, 0.15) is 21.7 Å². The van der Waals surface area contributed by atoms with Crippen molar-refractivity contribution in [3.8, 4) is 11.5 Å². The molecule has 1 aromatic heterocycles. The maximum Gasteiger partial charge on any atom is 0.322 e. The number of halogens is 1. The smallest absolute Gasteiger partial charge is 0.322 e. The number of hydrogen-bond donors (Lipinski definition) is 1. The summed E-state index contributed by atoms with van der Waals surface area (Å²) in [6, 6.07) is 3.50. The summed E-state index contributed by atoms with van der Waals surface area (Å²) >= 11 is 3.41. The lowest BCUT2D eigenvalue weighted by molar-refractivity contribution is -0.385. The molecule has 0 atom stereocenters. The number of rotatable bonds is 4. The van der Waals surface area contributed by atoms with Crippen LogP contribution in [0, 0.1) is 17.0 Å². The molecule has 2 N–H and O–H groups in total. The first-order valence-corrected chi connectivity index (χ1v) is 7.27. The number of nitro groups is 1. The minimum atomic E-state index is -0.941. The van der Waals surface area contributed by atoms with Crippen LogP contribution >= 0.6 is 15.9 Å². The Labute approximate surface area is 138 Å². The second-order valence-corrected chi connectivity index (χ2v) is 5.71. The van der Waals surface area contributed by atoms with E-state index in [2.05, 4.69) is 21.0 Å². The SMILES string of the molecule is Cc1c([N+](=O)[O-])c(C(N)=O)nn1Cc1cc2c(cc1Br)OCO2. The van der Waals surface area contributed by atoms with E-state index in [-0.39, 0.29) is 30.4 Å². The lowest BCUT2D eigenvalue weighted by Gasteiger charge is -2.08. The molecule has 1 aliphatic heterocycles. The van der Waals surface area contributed by atoms with Crippen molar-refractivity contribution in [2.24, 2.45) is 5.73 Å². The third-order valence-corrected chi connectivity index (χ3v) is 4.19. The van der Waals surface area contributed by atoms with Gasteiger partial charge in [0.05, 0.1) is 11.5 Å². The molecular formula is C13H11BrN4O5. The summed E-state index contributed by atoms with van der Waals surface area (Å²) in [4.78, 5) is 21.8. The predicted molar refractivity (Wildman–Crippen MR) is 81.5 cm³/mol. The Morgan fingerprint density at radius 1 is 1.48 bits per heavy atom. The number of ether oxygens (including phenoxy) is 2. The predicted octanol–water partition coefficient (Wildman–Crippen LogP) is 1.74. The van der Waals surface area contributed by atoms with Crippen LogP contribution < -0.4 is 15.2 Å². The van der Waals surface area contributed by atoms with Crippen molar-refractivity contribution in [3.05, 3.63) is 43.7 Å². The lowest BCUT2D eigenvalue weighted by Crippen LogP contribution is -2.14. The fourth-order valence-electron chi connectivity index (χ4n) is 2.32. The minimum absolute atomic E-state index is 0.142. The van der Waals surface area contributed by atoms with Crippen LogP contribution in [-0.2, 0) is 6.54 Å². The number of benzene rings is 1. The molecule has 0 fully saturated rings. The van der Waals surface area contributed by atoms with Crippen molar-refractivity contribution in [1.82, 2.24) is 9.78 Å². The van der Waals surface area contributed by atoms with Gasteiger partial charge in [-0.25, -0.2) is 0 Å². The fourth-order valence-corrected chi connectivity index (χ4v) is 2.76. The molecule has 1 amide bonds. The summed E-state index contributed by atoms with van der Waals surface area (Å²) < 4.78 is 12.7. The molecule has 1 aliphatic rings. The van der Waals surface area contributed by atoms with Crippen LogP contribution in [0.3, 0.4) is 0 Å². The topological polar surface area (TPSA) is 123 Å². The third kappa shape index (κ3) is 2.61. The molecule has 2 aromatic rings. The molecule has 23 heavy (non-hydrogen) atoms. The maximum absolute atomic E-state index is 11.4. The van der Waals surface area contributed by atoms with E-state index in [1.54, 1.807) is 12.1 Å². The van der Waals surface area contributed by atoms with Crippen LogP contribution in [0.15, 0.2) is 16.6 Å². The zero-order valence-corrected chi connectivity index (χ0v) is 13.5. The quantitative estimate of drug-likeness (QED) is 0.634. The van der Waals surface area contributed by atoms with Gasteiger partial charge in [0.1, 0.15) is 5.69 Å². The average Bonchev–Trinajstić information content (AvgIpc) is 3.04. The lowest BCUT2D eigenvalue weighted by atomic mass is 10.2. The van der Waals surface area contributed by atoms with E-state index in [0.717, 1.165) is 10.0 Å². The number of carbonyl (C=O) groups is 1. The van der Waals surface area contributed by atoms with Crippen molar-refractivity contribution >= 4 is 27.5 Å². The van der Waals surface area contributed by atoms with Gasteiger partial charge < -0.3 is 15.2 Å². The second-order valence-electron chi connectivity index (χ2n) is 4.86. The van der Waals surface area contributed by atoms with E-state index < -0.39 is 10.8 Å². The summed E-state index contributed by atoms with van der Waals surface area (Å²) in [5.74, 6) is 0.252. The highest BCUT2D eigenvalue weighted by atomic mass is 79.9. The Bertz CT molecular complexity index is 832. The first kappa shape index (κ1) is 15.3. The van der Waals surface area contributed by atoms with Crippen molar-refractivity contribution < 1.29 is 19.2 Å². The Balaban J connectivity index is 2.03. The zero-order chi connectivity index (χ0) is 16.7. The van der Waals surface area contributed by atoms with Crippen molar-refractivity contribution in [2.75, 3.05) is 6.79 Å². The molecular weight excluding hydrogens is 372 g/mol. The average molecular weight is 383 g/mol. The Hall–Kier alpha value is -2.62. The summed E-state index contributed by atoms with van der Waals surface area (Å²) in [6.45, 7) is 1.86. The summed E-state index contributed by atoms with van der Waals surface area (Å²) in [5.41, 5.74) is 5.44. The van der Waals surface area contributed by atoms with Gasteiger partial charge in [-0.15, -0.1) is 0 Å². The Morgan fingerprint density at radius 3 is 2.70 bits per heavy atom. The largest absolute Gasteiger partial charge is 0.454 e. The van der Waals surface area contributed by atoms with Gasteiger partial charge in [-0.3, -0.25) is 19.6 Å². The van der Waals surface area contributed by atoms with E-state index in [1.807, 2.05) is 0 Å². The number of nitrogens with two attached hydrogens (primary N) is 1. The summed E-state index contributed by atoms with van der Waals surface area (Å²) in [7, 11) is 0. The molecule has 1 aromatic carbocycles. The number of aromatic nitrogens is 2. The zero-order valence-electron chi connectivity index (χ0n) is 11.9. The number of nitrogens with zero attached hydrogens (tertiary/aromatic N) is 3. The van der Waals surface area contributed by atoms with E-state index in [0.29, 0.717) is 11.5 Å². The number of fused-ring (bicyclic) bond motifs is 1. The number of primary amides is 1. The Kier molecular flexibility index (Phi) is 3.68. The molecule has 9 nitrogen and oxygen atoms in total. The van der Waals surface area contributed by atoms with Gasteiger partial charge >= 0.3 is 5.69 Å². The second kappa shape index (κ2) is 5.54. The van der Waals surface area contributed by atoms with Gasteiger partial charge in [0.15, 0.2) is 11.5 Å². The molecule has 0 saturated heterocycles. The third-order valence-electron chi connectivity index (χ3n) is 3.45. The highest BCUT2D eigenvalue weighted by Gasteiger charge is 2.29. The molecule has 0 aliphatic carbocycles. The van der Waals surface area contributed by atoms with E-state index in [9.17, 15) is 14.9 Å². The molecule has 3 rings (SSSR count). The highest BCUT2D eigenvalue weighted by Crippen LogP contribution is 2.37. The normalized spacial score (nSPS) is 12.4. The van der Waals surface area contributed by atoms with Crippen LogP contribution in [0.5, 0.6) is 11.5 Å². The fraction of sp³-hybridized carbons (Fsp3) is 0.231. The molecule has 0 saturated carbocycles. The van der Waals surface area contributed by atoms with Gasteiger partial charge in [-0.2, -0.15) is 5.10 Å². The van der Waals surface area contributed by atoms with Crippen LogP contribution in [-0.4, -0.2) is 27.4 Å². The standard InChI is InChI=1S/C13H11BrN4O5/c1-6-12(18(20)21)11(13(15)19)16-17(6)4-7-2-9-10(3-8(7)14)23-5-22-9/h2-3H,4-5H2,1H3,(H2,15,19). The number of hydrogen-bond acceptors (Lipinski definition) is 6. The van der Waals surface area contributed by atoms with Crippen LogP contribution in [0.2, 0.25) is 0 Å². The Morgan fingerprint density at radius 2 is 2.13 bits per heavy atom. The first-order valence-electron chi connectivity index (χ1n) is 6.48. The molecule has 10 heteroatoms. The molecule has 0 spiro atoms. The van der Waals surface area contributed by atoms with E-state index >= 15 is 0 Å². The highest BCUT2D eigenvalue weighted by molar-refractivity contribution is 9.10. The number of carbonyl (C=O) groups excluding carboxylic acids is 1. The molecule has 120 valence electrons. The van der Waals surface area contributed by atoms with E-state index in [1.165, 1.54) is 11.6 Å². The van der Waals surface area contributed by atoms with Crippen LogP contribution in [0.4, 0.5) is 5.69 Å². The monoisotopic (exact) mass is 382 g/mol. The minimum Gasteiger partial charge on any atom is -0.454 e. The van der Waals surface area contributed by atoms with Crippen molar-refractivity contribution in [1.29, 1.82) is 0 Å². The molecule has 0 bridgehead atoms. The molecule has 2 heterocycles. The van der Waals surface area contributed by atoms with Gasteiger partial charge in [-0.05, 0) is 24.6 Å². The van der Waals surface area contributed by atoms with Gasteiger partial charge in [0.25, 0.3) is 5.91 Å². The number of amides is 1. The van der Waals surface area contributed by atoms with Gasteiger partial charge in [0, 0.05) is 4.47 Å². The van der Waals surface area contributed by atoms with Crippen LogP contribution in [0.25, 0.3) is 0 Å². The maximum atomic E-state index is 11.4. The first-order chi connectivity index (χ1) is 10.9. The van der Waals surface area contributed by atoms with Crippen molar-refractivity contribution in [3.63, 3.8) is 0 Å². The summed E-state index contributed by atoms with van der Waals surface area (Å²) in [6.07, 6.45) is 0. The van der Waals surface area contributed by atoms with Gasteiger partial charge in [-0.1, -0.05) is 15.9 Å². The van der Waals surface area contributed by atoms with Crippen molar-refractivity contribution in [2.45, 2.75) is 13.5 Å². The van der Waals surface area contributed by atoms with Gasteiger partial charge in [0.2, 0.25) is 12.5 Å². The molecule has 0 radical (unpaired) electrons. The molecule has 0 unspecified atom stereocenters. The van der Waals surface area contributed by atoms with E-state index in [4.69, 9.17) is 15.2 Å². The summed E-state index contributed by atoms with van der Waals surface area (Å²) in [5, 5.41) is 15.1.